The summed E-state index contributed by atoms with van der Waals surface area (Å²) in [5, 5.41) is 0.510. The predicted molar refractivity (Wildman–Crippen MR) is 94.2 cm³/mol. The fourth-order valence-corrected chi connectivity index (χ4v) is 3.14. The number of carbonyl (C=O) groups excluding carboxylic acids is 1. The summed E-state index contributed by atoms with van der Waals surface area (Å²) in [5.41, 5.74) is 0.710. The van der Waals surface area contributed by atoms with Crippen molar-refractivity contribution in [3.8, 4) is 0 Å². The van der Waals surface area contributed by atoms with Crippen molar-refractivity contribution in [3.63, 3.8) is 0 Å². The zero-order valence-corrected chi connectivity index (χ0v) is 16.3. The van der Waals surface area contributed by atoms with Gasteiger partial charge in [-0.1, -0.05) is 27.5 Å². The topological polar surface area (TPSA) is 61.4 Å². The summed E-state index contributed by atoms with van der Waals surface area (Å²) in [6.45, 7) is 7.64. The largest absolute Gasteiger partial charge is 0.598 e. The Morgan fingerprint density at radius 3 is 2.68 bits per heavy atom. The molecule has 0 aliphatic rings. The van der Waals surface area contributed by atoms with Crippen LogP contribution in [0.25, 0.3) is 0 Å². The minimum Gasteiger partial charge on any atom is -0.598 e. The highest BCUT2D eigenvalue weighted by Gasteiger charge is 2.32. The molecule has 0 unspecified atom stereocenters. The first-order valence-electron chi connectivity index (χ1n) is 6.93. The highest BCUT2D eigenvalue weighted by molar-refractivity contribution is 9.10. The van der Waals surface area contributed by atoms with Crippen LogP contribution in [0.5, 0.6) is 0 Å². The molecule has 4 nitrogen and oxygen atoms in total. The maximum absolute atomic E-state index is 12.4. The molecule has 0 fully saturated rings. The highest BCUT2D eigenvalue weighted by atomic mass is 79.9. The first-order valence-corrected chi connectivity index (χ1v) is 9.25. The van der Waals surface area contributed by atoms with Crippen LogP contribution in [0.4, 0.5) is 0 Å². The van der Waals surface area contributed by atoms with Gasteiger partial charge in [0.1, 0.15) is 4.75 Å². The lowest BCUT2D eigenvalue weighted by Crippen LogP contribution is -2.42. The standard InChI is InChI=1S/C15H21BrClNO3S/c1-5-21-14(19)9-13(18-22(20)15(2,3)4)11-8-10(16)6-7-12(11)17/h6-8,13,18H,5,9H2,1-4H3/t13-,22+/m0/s1. The van der Waals surface area contributed by atoms with E-state index in [1.807, 2.05) is 32.9 Å². The van der Waals surface area contributed by atoms with Gasteiger partial charge in [-0.2, -0.15) is 0 Å². The van der Waals surface area contributed by atoms with Crippen LogP contribution in [0.2, 0.25) is 5.02 Å². The molecule has 0 aliphatic heterocycles. The molecule has 22 heavy (non-hydrogen) atoms. The van der Waals surface area contributed by atoms with E-state index in [0.717, 1.165) is 4.47 Å². The van der Waals surface area contributed by atoms with Gasteiger partial charge in [0.2, 0.25) is 0 Å². The first-order chi connectivity index (χ1) is 10.1. The Labute approximate surface area is 148 Å². The molecule has 1 rings (SSSR count). The molecule has 0 bridgehead atoms. The Balaban J connectivity index is 3.05. The van der Waals surface area contributed by atoms with Crippen LogP contribution in [0.15, 0.2) is 22.7 Å². The van der Waals surface area contributed by atoms with Crippen molar-refractivity contribution in [1.29, 1.82) is 0 Å². The Morgan fingerprint density at radius 1 is 1.50 bits per heavy atom. The van der Waals surface area contributed by atoms with Crippen LogP contribution in [-0.4, -0.2) is 21.9 Å². The summed E-state index contributed by atoms with van der Waals surface area (Å²) in [6, 6.07) is 4.89. The Bertz CT molecular complexity index is 522. The molecule has 1 N–H and O–H groups in total. The smallest absolute Gasteiger partial charge is 0.307 e. The van der Waals surface area contributed by atoms with Crippen LogP contribution in [0, 0.1) is 0 Å². The number of hydrogen-bond acceptors (Lipinski definition) is 4. The molecule has 0 saturated heterocycles. The summed E-state index contributed by atoms with van der Waals surface area (Å²) in [7, 11) is 0. The molecule has 0 aromatic heterocycles. The molecule has 0 saturated carbocycles. The molecule has 124 valence electrons. The molecule has 2 atom stereocenters. The Hall–Kier alpha value is -0.270. The van der Waals surface area contributed by atoms with E-state index in [2.05, 4.69) is 20.7 Å². The van der Waals surface area contributed by atoms with E-state index in [0.29, 0.717) is 17.2 Å². The Kier molecular flexibility index (Phi) is 7.68. The number of carbonyl (C=O) groups is 1. The van der Waals surface area contributed by atoms with E-state index in [1.54, 1.807) is 13.0 Å². The van der Waals surface area contributed by atoms with Gasteiger partial charge >= 0.3 is 5.97 Å². The SMILES string of the molecule is CCOC(=O)C[C@H](N[S@+]([O-])C(C)(C)C)c1cc(Br)ccc1Cl. The van der Waals surface area contributed by atoms with Gasteiger partial charge in [-0.15, -0.1) is 4.72 Å². The number of hydrogen-bond donors (Lipinski definition) is 1. The molecule has 1 aromatic carbocycles. The van der Waals surface area contributed by atoms with Crippen molar-refractivity contribution < 1.29 is 14.1 Å². The molecule has 0 radical (unpaired) electrons. The third-order valence-electron chi connectivity index (χ3n) is 2.82. The maximum atomic E-state index is 12.4. The van der Waals surface area contributed by atoms with E-state index < -0.39 is 22.2 Å². The number of nitrogens with one attached hydrogen (secondary N) is 1. The van der Waals surface area contributed by atoms with E-state index >= 15 is 0 Å². The predicted octanol–water partition coefficient (Wildman–Crippen LogP) is 4.15. The average molecular weight is 411 g/mol. The zero-order chi connectivity index (χ0) is 16.9. The molecule has 0 heterocycles. The molecular formula is C15H21BrClNO3S. The van der Waals surface area contributed by atoms with Gasteiger partial charge in [-0.05, 0) is 51.5 Å². The third kappa shape index (κ3) is 6.08. The molecule has 7 heteroatoms. The van der Waals surface area contributed by atoms with E-state index in [1.165, 1.54) is 0 Å². The van der Waals surface area contributed by atoms with Crippen LogP contribution in [0.3, 0.4) is 0 Å². The van der Waals surface area contributed by atoms with Crippen molar-refractivity contribution in [3.05, 3.63) is 33.3 Å². The number of ether oxygens (including phenoxy) is 1. The summed E-state index contributed by atoms with van der Waals surface area (Å²) in [5.74, 6) is -0.359. The van der Waals surface area contributed by atoms with Gasteiger partial charge in [0.05, 0.1) is 19.1 Å². The highest BCUT2D eigenvalue weighted by Crippen LogP contribution is 2.30. The van der Waals surface area contributed by atoms with Crippen LogP contribution < -0.4 is 4.72 Å². The molecule has 0 amide bonds. The van der Waals surface area contributed by atoms with Crippen molar-refractivity contribution in [2.24, 2.45) is 0 Å². The van der Waals surface area contributed by atoms with Crippen LogP contribution in [0.1, 0.15) is 45.7 Å². The van der Waals surface area contributed by atoms with Gasteiger partial charge in [0.15, 0.2) is 0 Å². The summed E-state index contributed by atoms with van der Waals surface area (Å²) >= 11 is 8.29. The lowest BCUT2D eigenvalue weighted by Gasteiger charge is -2.28. The van der Waals surface area contributed by atoms with Crippen molar-refractivity contribution >= 4 is 44.9 Å². The fourth-order valence-electron chi connectivity index (χ4n) is 1.69. The minimum atomic E-state index is -1.33. The number of rotatable bonds is 6. The zero-order valence-electron chi connectivity index (χ0n) is 13.1. The lowest BCUT2D eigenvalue weighted by molar-refractivity contribution is -0.143. The first kappa shape index (κ1) is 19.8. The van der Waals surface area contributed by atoms with E-state index in [-0.39, 0.29) is 12.4 Å². The number of halogens is 2. The van der Waals surface area contributed by atoms with Crippen LogP contribution >= 0.6 is 27.5 Å². The second-order valence-corrected chi connectivity index (χ2v) is 9.05. The van der Waals surface area contributed by atoms with E-state index in [9.17, 15) is 9.35 Å². The number of esters is 1. The molecule has 0 spiro atoms. The van der Waals surface area contributed by atoms with Crippen LogP contribution in [-0.2, 0) is 20.9 Å². The Morgan fingerprint density at radius 2 is 2.14 bits per heavy atom. The van der Waals surface area contributed by atoms with Gasteiger partial charge in [-0.25, -0.2) is 0 Å². The fraction of sp³-hybridized carbons (Fsp3) is 0.533. The third-order valence-corrected chi connectivity index (χ3v) is 5.26. The maximum Gasteiger partial charge on any atom is 0.307 e. The van der Waals surface area contributed by atoms with Crippen molar-refractivity contribution in [2.45, 2.75) is 44.9 Å². The van der Waals surface area contributed by atoms with Gasteiger partial charge in [0, 0.05) is 20.9 Å². The van der Waals surface area contributed by atoms with Gasteiger partial charge in [-0.3, -0.25) is 4.79 Å². The second-order valence-electron chi connectivity index (χ2n) is 5.73. The summed E-state index contributed by atoms with van der Waals surface area (Å²) in [4.78, 5) is 11.8. The monoisotopic (exact) mass is 409 g/mol. The molecular weight excluding hydrogens is 390 g/mol. The number of benzene rings is 1. The van der Waals surface area contributed by atoms with Crippen molar-refractivity contribution in [1.82, 2.24) is 4.72 Å². The average Bonchev–Trinajstić information content (AvgIpc) is 2.40. The van der Waals surface area contributed by atoms with E-state index in [4.69, 9.17) is 16.3 Å². The normalized spacial score (nSPS) is 14.5. The van der Waals surface area contributed by atoms with Crippen molar-refractivity contribution in [2.75, 3.05) is 6.61 Å². The summed E-state index contributed by atoms with van der Waals surface area (Å²) in [6.07, 6.45) is 0.0613. The second kappa shape index (κ2) is 8.55. The molecule has 1 aromatic rings. The van der Waals surface area contributed by atoms with Gasteiger partial charge < -0.3 is 9.29 Å². The minimum absolute atomic E-state index is 0.0613. The quantitative estimate of drug-likeness (QED) is 0.565. The summed E-state index contributed by atoms with van der Waals surface area (Å²) < 4.78 is 20.8. The van der Waals surface area contributed by atoms with Gasteiger partial charge in [0.25, 0.3) is 0 Å². The lowest BCUT2D eigenvalue weighted by atomic mass is 10.0. The molecule has 0 aliphatic carbocycles.